The van der Waals surface area contributed by atoms with Crippen LogP contribution >= 0.6 is 11.6 Å². The average molecular weight is 476 g/mol. The lowest BCUT2D eigenvalue weighted by atomic mass is 9.99. The normalized spacial score (nSPS) is 12.3. The molecule has 0 radical (unpaired) electrons. The first-order valence-corrected chi connectivity index (χ1v) is 11.2. The minimum absolute atomic E-state index is 0.0134. The molecule has 2 aromatic carbocycles. The van der Waals surface area contributed by atoms with Crippen LogP contribution < -0.4 is 10.2 Å². The topological polar surface area (TPSA) is 88.8 Å². The Morgan fingerprint density at radius 2 is 1.97 bits per heavy atom. The van der Waals surface area contributed by atoms with Crippen molar-refractivity contribution in [3.8, 4) is 5.75 Å². The monoisotopic (exact) mass is 475 g/mol. The van der Waals surface area contributed by atoms with E-state index in [0.29, 0.717) is 28.8 Å². The van der Waals surface area contributed by atoms with Gasteiger partial charge in [0.15, 0.2) is 0 Å². The Kier molecular flexibility index (Phi) is 7.76. The number of carbonyl (C=O) groups is 1. The number of carboxylic acid groups (broad SMARTS) is 1. The van der Waals surface area contributed by atoms with Crippen LogP contribution in [0.4, 0.5) is 4.39 Å². The number of hydrogen-bond donors (Lipinski definition) is 2. The van der Waals surface area contributed by atoms with E-state index in [0.717, 1.165) is 6.42 Å². The number of fused-ring (bicyclic) bond motifs is 1. The van der Waals surface area contributed by atoms with Gasteiger partial charge >= 0.3 is 5.97 Å². The highest BCUT2D eigenvalue weighted by Crippen LogP contribution is 2.31. The van der Waals surface area contributed by atoms with Gasteiger partial charge in [0, 0.05) is 24.1 Å². The van der Waals surface area contributed by atoms with Crippen molar-refractivity contribution >= 4 is 28.5 Å². The molecule has 0 spiro atoms. The lowest BCUT2D eigenvalue weighted by Crippen LogP contribution is -2.23. The van der Waals surface area contributed by atoms with Crippen molar-refractivity contribution in [3.63, 3.8) is 0 Å². The maximum absolute atomic E-state index is 14.6. The van der Waals surface area contributed by atoms with Crippen molar-refractivity contribution < 1.29 is 24.1 Å². The SMILES string of the molecule is CCC[C@@H](CO)n1cc(C(=O)O)c(=O)c2cc(Cc3cccc(Cl)c3F)c(OC(C)C)cc21. The van der Waals surface area contributed by atoms with Crippen LogP contribution in [0.2, 0.25) is 5.02 Å². The fourth-order valence-electron chi connectivity index (χ4n) is 3.92. The minimum Gasteiger partial charge on any atom is -0.491 e. The third kappa shape index (κ3) is 5.20. The predicted molar refractivity (Wildman–Crippen MR) is 126 cm³/mol. The van der Waals surface area contributed by atoms with E-state index in [2.05, 4.69) is 0 Å². The van der Waals surface area contributed by atoms with E-state index in [-0.39, 0.29) is 29.5 Å². The van der Waals surface area contributed by atoms with E-state index in [1.165, 1.54) is 12.3 Å². The first-order valence-electron chi connectivity index (χ1n) is 10.8. The molecule has 0 bridgehead atoms. The molecule has 8 heteroatoms. The Hall–Kier alpha value is -2.90. The molecule has 3 rings (SSSR count). The summed E-state index contributed by atoms with van der Waals surface area (Å²) >= 11 is 5.93. The van der Waals surface area contributed by atoms with Crippen molar-refractivity contribution in [1.82, 2.24) is 4.57 Å². The van der Waals surface area contributed by atoms with Crippen LogP contribution in [0.15, 0.2) is 41.3 Å². The highest BCUT2D eigenvalue weighted by atomic mass is 35.5. The molecular weight excluding hydrogens is 449 g/mol. The number of aromatic nitrogens is 1. The van der Waals surface area contributed by atoms with Gasteiger partial charge in [-0.1, -0.05) is 37.1 Å². The fourth-order valence-corrected chi connectivity index (χ4v) is 4.11. The van der Waals surface area contributed by atoms with Gasteiger partial charge in [0.05, 0.1) is 29.3 Å². The second-order valence-corrected chi connectivity index (χ2v) is 8.65. The Balaban J connectivity index is 2.33. The molecule has 1 atom stereocenters. The van der Waals surface area contributed by atoms with Gasteiger partial charge < -0.3 is 19.5 Å². The Morgan fingerprint density at radius 3 is 2.58 bits per heavy atom. The molecule has 1 heterocycles. The second kappa shape index (κ2) is 10.4. The zero-order chi connectivity index (χ0) is 24.3. The molecule has 0 saturated carbocycles. The molecule has 176 valence electrons. The van der Waals surface area contributed by atoms with Gasteiger partial charge in [-0.2, -0.15) is 0 Å². The quantitative estimate of drug-likeness (QED) is 0.444. The molecule has 0 saturated heterocycles. The molecule has 0 unspecified atom stereocenters. The van der Waals surface area contributed by atoms with Gasteiger partial charge in [-0.15, -0.1) is 0 Å². The van der Waals surface area contributed by atoms with Gasteiger partial charge in [-0.3, -0.25) is 4.79 Å². The zero-order valence-electron chi connectivity index (χ0n) is 18.8. The first-order chi connectivity index (χ1) is 15.7. The number of halogens is 2. The van der Waals surface area contributed by atoms with Crippen LogP contribution in [0.25, 0.3) is 10.9 Å². The molecule has 0 aliphatic rings. The van der Waals surface area contributed by atoms with Crippen LogP contribution in [-0.2, 0) is 6.42 Å². The molecule has 0 aliphatic heterocycles. The summed E-state index contributed by atoms with van der Waals surface area (Å²) < 4.78 is 22.2. The number of aliphatic hydroxyl groups is 1. The number of nitrogens with zero attached hydrogens (tertiary/aromatic N) is 1. The lowest BCUT2D eigenvalue weighted by molar-refractivity contribution is 0.0694. The third-order valence-corrected chi connectivity index (χ3v) is 5.74. The number of carboxylic acids is 1. The minimum atomic E-state index is -1.35. The molecular formula is C25H27ClFNO5. The summed E-state index contributed by atoms with van der Waals surface area (Å²) in [6.45, 7) is 5.43. The van der Waals surface area contributed by atoms with Crippen LogP contribution in [0, 0.1) is 5.82 Å². The number of benzene rings is 2. The van der Waals surface area contributed by atoms with Gasteiger partial charge in [0.1, 0.15) is 17.1 Å². The van der Waals surface area contributed by atoms with Gasteiger partial charge in [0.25, 0.3) is 0 Å². The van der Waals surface area contributed by atoms with Crippen molar-refractivity contribution in [2.75, 3.05) is 6.61 Å². The summed E-state index contributed by atoms with van der Waals surface area (Å²) in [7, 11) is 0. The van der Waals surface area contributed by atoms with E-state index < -0.39 is 28.8 Å². The standard InChI is InChI=1S/C25H27ClFNO5/c1-4-6-17(13-29)28-12-19(25(31)32)24(30)18-10-16(22(11-21(18)28)33-14(2)3)9-15-7-5-8-20(26)23(15)27/h5,7-8,10-12,14,17,29H,4,6,9,13H2,1-3H3,(H,31,32)/t17-/m0/s1. The van der Waals surface area contributed by atoms with Crippen LogP contribution in [0.1, 0.15) is 61.1 Å². The van der Waals surface area contributed by atoms with E-state index >= 15 is 0 Å². The van der Waals surface area contributed by atoms with Crippen molar-refractivity contribution in [2.45, 2.75) is 52.2 Å². The summed E-state index contributed by atoms with van der Waals surface area (Å²) in [5, 5.41) is 19.7. The van der Waals surface area contributed by atoms with Crippen molar-refractivity contribution in [2.24, 2.45) is 0 Å². The molecule has 0 fully saturated rings. The summed E-state index contributed by atoms with van der Waals surface area (Å²) in [4.78, 5) is 24.8. The Bertz CT molecular complexity index is 1240. The smallest absolute Gasteiger partial charge is 0.341 e. The fraction of sp³-hybridized carbons (Fsp3) is 0.360. The average Bonchev–Trinajstić information content (AvgIpc) is 2.76. The second-order valence-electron chi connectivity index (χ2n) is 8.24. The molecule has 0 amide bonds. The molecule has 33 heavy (non-hydrogen) atoms. The molecule has 1 aromatic heterocycles. The van der Waals surface area contributed by atoms with Gasteiger partial charge in [0.2, 0.25) is 5.43 Å². The number of aromatic carboxylic acids is 1. The molecule has 3 aromatic rings. The van der Waals surface area contributed by atoms with Crippen LogP contribution in [0.3, 0.4) is 0 Å². The molecule has 6 nitrogen and oxygen atoms in total. The molecule has 0 aliphatic carbocycles. The third-order valence-electron chi connectivity index (χ3n) is 5.45. The largest absolute Gasteiger partial charge is 0.491 e. The van der Waals surface area contributed by atoms with E-state index in [4.69, 9.17) is 16.3 Å². The van der Waals surface area contributed by atoms with E-state index in [1.54, 1.807) is 28.8 Å². The number of rotatable bonds is 9. The van der Waals surface area contributed by atoms with Crippen molar-refractivity contribution in [3.05, 3.63) is 74.3 Å². The maximum atomic E-state index is 14.6. The van der Waals surface area contributed by atoms with E-state index in [9.17, 15) is 24.2 Å². The number of ether oxygens (including phenoxy) is 1. The van der Waals surface area contributed by atoms with E-state index in [1.807, 2.05) is 20.8 Å². The van der Waals surface area contributed by atoms with Gasteiger partial charge in [-0.25, -0.2) is 9.18 Å². The van der Waals surface area contributed by atoms with Crippen LogP contribution in [0.5, 0.6) is 5.75 Å². The highest BCUT2D eigenvalue weighted by Gasteiger charge is 2.22. The summed E-state index contributed by atoms with van der Waals surface area (Å²) in [5.41, 5.74) is 0.257. The first kappa shape index (κ1) is 24.7. The van der Waals surface area contributed by atoms with Gasteiger partial charge in [-0.05, 0) is 43.5 Å². The predicted octanol–water partition coefficient (Wildman–Crippen LogP) is 5.20. The highest BCUT2D eigenvalue weighted by molar-refractivity contribution is 6.30. The van der Waals surface area contributed by atoms with Crippen molar-refractivity contribution in [1.29, 1.82) is 0 Å². The molecule has 2 N–H and O–H groups in total. The maximum Gasteiger partial charge on any atom is 0.341 e. The number of hydrogen-bond acceptors (Lipinski definition) is 4. The number of pyridine rings is 1. The number of aliphatic hydroxyl groups excluding tert-OH is 1. The lowest BCUT2D eigenvalue weighted by Gasteiger charge is -2.23. The summed E-state index contributed by atoms with van der Waals surface area (Å²) in [5.74, 6) is -1.47. The van der Waals surface area contributed by atoms with Crippen LogP contribution in [-0.4, -0.2) is 33.5 Å². The summed E-state index contributed by atoms with van der Waals surface area (Å²) in [6, 6.07) is 7.49. The summed E-state index contributed by atoms with van der Waals surface area (Å²) in [6.07, 6.45) is 2.51. The Labute approximate surface area is 196 Å². The zero-order valence-corrected chi connectivity index (χ0v) is 19.5. The Morgan fingerprint density at radius 1 is 1.24 bits per heavy atom.